The fourth-order valence-corrected chi connectivity index (χ4v) is 5.41. The van der Waals surface area contributed by atoms with E-state index < -0.39 is 17.9 Å². The van der Waals surface area contributed by atoms with Crippen molar-refractivity contribution in [3.8, 4) is 11.8 Å². The van der Waals surface area contributed by atoms with Crippen LogP contribution < -0.4 is 16.1 Å². The highest BCUT2D eigenvalue weighted by Gasteiger charge is 2.44. The monoisotopic (exact) mass is 490 g/mol. The van der Waals surface area contributed by atoms with E-state index in [-0.39, 0.29) is 22.8 Å². The normalized spacial score (nSPS) is 17.6. The first-order valence-electron chi connectivity index (χ1n) is 13.1. The number of hydrogen-bond acceptors (Lipinski definition) is 5. The van der Waals surface area contributed by atoms with Gasteiger partial charge >= 0.3 is 11.8 Å². The van der Waals surface area contributed by atoms with Crippen molar-refractivity contribution in [2.45, 2.75) is 122 Å². The number of primary amides is 1. The summed E-state index contributed by atoms with van der Waals surface area (Å²) >= 11 is 0. The average Bonchev–Trinajstić information content (AvgIpc) is 3.01. The fourth-order valence-electron chi connectivity index (χ4n) is 5.41. The summed E-state index contributed by atoms with van der Waals surface area (Å²) in [6.45, 7) is 10.3. The van der Waals surface area contributed by atoms with E-state index >= 15 is 0 Å². The lowest BCUT2D eigenvalue weighted by molar-refractivity contribution is -0.137. The molecule has 2 heterocycles. The van der Waals surface area contributed by atoms with Gasteiger partial charge in [-0.1, -0.05) is 57.6 Å². The van der Waals surface area contributed by atoms with Crippen molar-refractivity contribution < 1.29 is 19.8 Å². The van der Waals surface area contributed by atoms with Crippen LogP contribution in [0, 0.1) is 0 Å². The van der Waals surface area contributed by atoms with Crippen LogP contribution in [0.15, 0.2) is 18.2 Å². The Hall–Kier alpha value is -2.48. The van der Waals surface area contributed by atoms with Crippen molar-refractivity contribution in [3.05, 3.63) is 23.8 Å². The van der Waals surface area contributed by atoms with Gasteiger partial charge in [-0.25, -0.2) is 5.01 Å². The van der Waals surface area contributed by atoms with Crippen LogP contribution in [0.5, 0.6) is 11.8 Å². The lowest BCUT2D eigenvalue weighted by Gasteiger charge is -2.49. The molecule has 8 nitrogen and oxygen atoms in total. The molecule has 0 spiro atoms. The number of aromatic nitrogens is 1. The van der Waals surface area contributed by atoms with Gasteiger partial charge in [0.1, 0.15) is 0 Å². The molecule has 35 heavy (non-hydrogen) atoms. The topological polar surface area (TPSA) is 121 Å². The largest absolute Gasteiger partial charge is 0.493 e. The van der Waals surface area contributed by atoms with Gasteiger partial charge in [-0.3, -0.25) is 9.59 Å². The van der Waals surface area contributed by atoms with Gasteiger partial charge in [-0.2, -0.15) is 4.68 Å². The van der Waals surface area contributed by atoms with Crippen LogP contribution in [-0.2, 0) is 16.0 Å². The van der Waals surface area contributed by atoms with Gasteiger partial charge in [-0.05, 0) is 59.8 Å². The van der Waals surface area contributed by atoms with E-state index in [0.717, 1.165) is 22.5 Å². The summed E-state index contributed by atoms with van der Waals surface area (Å²) in [5.41, 5.74) is 5.18. The molecular formula is C27H46N4O4. The van der Waals surface area contributed by atoms with Crippen LogP contribution >= 0.6 is 0 Å². The first-order chi connectivity index (χ1) is 16.4. The molecule has 1 saturated heterocycles. The third kappa shape index (κ3) is 8.30. The zero-order valence-electron chi connectivity index (χ0n) is 22.3. The number of aromatic hydroxyl groups is 2. The van der Waals surface area contributed by atoms with E-state index in [1.54, 1.807) is 0 Å². The maximum absolute atomic E-state index is 12.9. The van der Waals surface area contributed by atoms with Gasteiger partial charge in [-0.15, -0.1) is 0 Å². The number of nitrogens with one attached hydrogen (secondary N) is 1. The maximum atomic E-state index is 12.9. The molecule has 1 aliphatic heterocycles. The molecule has 2 rings (SSSR count). The Kier molecular flexibility index (Phi) is 10.2. The van der Waals surface area contributed by atoms with E-state index in [4.69, 9.17) is 5.73 Å². The van der Waals surface area contributed by atoms with Crippen LogP contribution in [0.1, 0.15) is 104 Å². The van der Waals surface area contributed by atoms with Gasteiger partial charge in [0.25, 0.3) is 0 Å². The highest BCUT2D eigenvalue weighted by atomic mass is 16.3. The summed E-state index contributed by atoms with van der Waals surface area (Å²) in [6.07, 6.45) is 15.2. The molecule has 0 aliphatic carbocycles. The predicted molar refractivity (Wildman–Crippen MR) is 140 cm³/mol. The second-order valence-corrected chi connectivity index (χ2v) is 11.2. The summed E-state index contributed by atoms with van der Waals surface area (Å²) in [7, 11) is 0. The molecule has 0 radical (unpaired) electrons. The minimum absolute atomic E-state index is 0.258. The predicted octanol–water partition coefficient (Wildman–Crippen LogP) is 4.40. The van der Waals surface area contributed by atoms with Crippen molar-refractivity contribution in [3.63, 3.8) is 0 Å². The van der Waals surface area contributed by atoms with E-state index in [1.807, 2.05) is 33.8 Å². The molecule has 0 saturated carbocycles. The number of carbonyl (C=O) groups is 2. The number of nitrogens with zero attached hydrogens (tertiary/aromatic N) is 2. The third-order valence-electron chi connectivity index (χ3n) is 6.64. The smallest absolute Gasteiger partial charge is 0.330 e. The number of amides is 2. The van der Waals surface area contributed by atoms with Crippen molar-refractivity contribution in [1.29, 1.82) is 0 Å². The zero-order chi connectivity index (χ0) is 26.2. The summed E-state index contributed by atoms with van der Waals surface area (Å²) < 4.78 is 1.04. The molecule has 1 fully saturated rings. The lowest BCUT2D eigenvalue weighted by atomic mass is 9.79. The second-order valence-electron chi connectivity index (χ2n) is 11.2. The van der Waals surface area contributed by atoms with Crippen LogP contribution in [0.4, 0.5) is 0 Å². The van der Waals surface area contributed by atoms with Crippen molar-refractivity contribution in [2.24, 2.45) is 5.73 Å². The van der Waals surface area contributed by atoms with E-state index in [2.05, 4.69) is 18.3 Å². The maximum Gasteiger partial charge on any atom is 0.330 e. The Bertz CT molecular complexity index is 872. The minimum atomic E-state index is -1.14. The molecule has 5 N–H and O–H groups in total. The van der Waals surface area contributed by atoms with Crippen LogP contribution in [-0.4, -0.2) is 43.8 Å². The summed E-state index contributed by atoms with van der Waals surface area (Å²) in [6, 6.07) is 0.984. The second kappa shape index (κ2) is 12.5. The molecule has 198 valence electrons. The van der Waals surface area contributed by atoms with Gasteiger partial charge < -0.3 is 21.3 Å². The highest BCUT2D eigenvalue weighted by molar-refractivity contribution is 6.38. The first-order valence-corrected chi connectivity index (χ1v) is 13.1. The standard InChI is InChI=1S/C27H46N4O4/c1-6-7-8-9-10-11-12-13-14-15-16-20-17-22(32)31(24(20)34)30(25(35)23(28)33)21-18-26(2,3)29-27(4,5)19-21/h14-15,17,21,29,32,34H,6-13,16,18-19H2,1-5H3,(H2,28,33). The quantitative estimate of drug-likeness (QED) is 0.197. The molecule has 0 unspecified atom stereocenters. The van der Waals surface area contributed by atoms with Crippen molar-refractivity contribution >= 4 is 11.8 Å². The Labute approximate surface area is 210 Å². The number of hydrogen-bond donors (Lipinski definition) is 4. The Balaban J connectivity index is 2.12. The highest BCUT2D eigenvalue weighted by Crippen LogP contribution is 2.35. The zero-order valence-corrected chi connectivity index (χ0v) is 22.3. The van der Waals surface area contributed by atoms with E-state index in [1.165, 1.54) is 44.6 Å². The molecule has 0 atom stereocenters. The van der Waals surface area contributed by atoms with Crippen molar-refractivity contribution in [1.82, 2.24) is 9.99 Å². The molecule has 0 aromatic carbocycles. The van der Waals surface area contributed by atoms with E-state index in [0.29, 0.717) is 24.8 Å². The van der Waals surface area contributed by atoms with Crippen LogP contribution in [0.25, 0.3) is 0 Å². The molecular weight excluding hydrogens is 444 g/mol. The number of nitrogens with two attached hydrogens (primary N) is 1. The van der Waals surface area contributed by atoms with Gasteiger partial charge in [0.15, 0.2) is 0 Å². The number of unbranched alkanes of at least 4 members (excludes halogenated alkanes) is 7. The SMILES string of the molecule is CCCCCCCCCC=CCc1cc(O)n(N(C(=O)C(N)=O)C2CC(C)(C)NC(C)(C)C2)c1O. The molecule has 1 aliphatic rings. The average molecular weight is 491 g/mol. The first kappa shape index (κ1) is 28.8. The molecule has 2 amide bonds. The lowest BCUT2D eigenvalue weighted by Crippen LogP contribution is -2.65. The Morgan fingerprint density at radius 3 is 2.20 bits per heavy atom. The number of rotatable bonds is 12. The van der Waals surface area contributed by atoms with Gasteiger partial charge in [0, 0.05) is 22.7 Å². The van der Waals surface area contributed by atoms with Crippen LogP contribution in [0.3, 0.4) is 0 Å². The Morgan fingerprint density at radius 1 is 1.06 bits per heavy atom. The molecule has 1 aromatic heterocycles. The third-order valence-corrected chi connectivity index (χ3v) is 6.64. The molecule has 0 bridgehead atoms. The van der Waals surface area contributed by atoms with Gasteiger partial charge in [0.2, 0.25) is 11.8 Å². The number of allylic oxidation sites excluding steroid dienone is 2. The van der Waals surface area contributed by atoms with Crippen molar-refractivity contribution in [2.75, 3.05) is 5.01 Å². The van der Waals surface area contributed by atoms with E-state index in [9.17, 15) is 19.8 Å². The van der Waals surface area contributed by atoms with Crippen LogP contribution in [0.2, 0.25) is 0 Å². The molecule has 1 aromatic rings. The summed E-state index contributed by atoms with van der Waals surface area (Å²) in [4.78, 5) is 24.8. The summed E-state index contributed by atoms with van der Waals surface area (Å²) in [5, 5.41) is 26.3. The summed E-state index contributed by atoms with van der Waals surface area (Å²) in [5.74, 6) is -2.66. The minimum Gasteiger partial charge on any atom is -0.493 e. The number of piperidine rings is 1. The van der Waals surface area contributed by atoms with Gasteiger partial charge in [0.05, 0.1) is 6.04 Å². The number of carbonyl (C=O) groups excluding carboxylic acids is 2. The molecule has 8 heteroatoms. The Morgan fingerprint density at radius 2 is 1.63 bits per heavy atom. The fraction of sp³-hybridized carbons (Fsp3) is 0.704.